The van der Waals surface area contributed by atoms with Crippen molar-refractivity contribution >= 4 is 41.0 Å². The van der Waals surface area contributed by atoms with Crippen LogP contribution in [0.15, 0.2) is 0 Å². The second kappa shape index (κ2) is 9.91. The van der Waals surface area contributed by atoms with Crippen molar-refractivity contribution in [2.75, 3.05) is 0 Å². The third-order valence-corrected chi connectivity index (χ3v) is 1.29. The second-order valence-electron chi connectivity index (χ2n) is 2.48. The summed E-state index contributed by atoms with van der Waals surface area (Å²) < 4.78 is 0. The quantitative estimate of drug-likeness (QED) is 0.369. The van der Waals surface area contributed by atoms with Crippen molar-refractivity contribution in [2.45, 2.75) is 18.4 Å². The molecule has 0 rings (SSSR count). The van der Waals surface area contributed by atoms with Gasteiger partial charge in [0.25, 0.3) is 0 Å². The predicted octanol–water partition coefficient (Wildman–Crippen LogP) is -7.62. The standard InChI is InChI=1S/C6H8O7.2ClH.Mg/c7-3(8)1-6(13,5(11)12)2-4(9)10;;;/h13H,1-2H2,(H,7,8)(H,9,10)(H,11,12);2*1H;/q;;;+2/p-2. The number of aliphatic carboxylic acids is 3. The van der Waals surface area contributed by atoms with Gasteiger partial charge in [-0.1, -0.05) is 0 Å². The van der Waals surface area contributed by atoms with Crippen molar-refractivity contribution in [3.8, 4) is 0 Å². The minimum atomic E-state index is -2.74. The number of carbonyl (C=O) groups is 3. The molecule has 0 aliphatic rings. The number of rotatable bonds is 5. The second-order valence-corrected chi connectivity index (χ2v) is 2.48. The molecule has 4 N–H and O–H groups in total. The van der Waals surface area contributed by atoms with E-state index in [2.05, 4.69) is 0 Å². The van der Waals surface area contributed by atoms with Gasteiger partial charge in [-0.25, -0.2) is 4.79 Å². The normalized spacial score (nSPS) is 8.81. The Bertz CT molecular complexity index is 241. The largest absolute Gasteiger partial charge is 2.00 e. The molecular weight excluding hydrogens is 279 g/mol. The molecule has 0 atom stereocenters. The minimum absolute atomic E-state index is 0. The Morgan fingerprint density at radius 2 is 1.12 bits per heavy atom. The predicted molar refractivity (Wildman–Crippen MR) is 42.8 cm³/mol. The number of hydrogen-bond donors (Lipinski definition) is 4. The van der Waals surface area contributed by atoms with Crippen LogP contribution in [0.2, 0.25) is 0 Å². The van der Waals surface area contributed by atoms with Gasteiger partial charge in [0.15, 0.2) is 5.60 Å². The summed E-state index contributed by atoms with van der Waals surface area (Å²) in [7, 11) is 0. The fraction of sp³-hybridized carbons (Fsp3) is 0.500. The average molecular weight is 287 g/mol. The fourth-order valence-corrected chi connectivity index (χ4v) is 0.714. The van der Waals surface area contributed by atoms with Gasteiger partial charge in [0.2, 0.25) is 0 Å². The van der Waals surface area contributed by atoms with Crippen molar-refractivity contribution in [1.29, 1.82) is 0 Å². The molecule has 10 heteroatoms. The Morgan fingerprint density at radius 3 is 1.25 bits per heavy atom. The molecule has 0 aromatic rings. The Morgan fingerprint density at radius 1 is 0.875 bits per heavy atom. The van der Waals surface area contributed by atoms with Gasteiger partial charge in [-0.15, -0.1) is 0 Å². The molecule has 0 aliphatic carbocycles. The summed E-state index contributed by atoms with van der Waals surface area (Å²) in [6.45, 7) is 0. The molecule has 0 spiro atoms. The van der Waals surface area contributed by atoms with Crippen LogP contribution in [-0.4, -0.2) is 67.0 Å². The van der Waals surface area contributed by atoms with Gasteiger partial charge in [0.1, 0.15) is 0 Å². The maximum Gasteiger partial charge on any atom is 2.00 e. The van der Waals surface area contributed by atoms with E-state index in [-0.39, 0.29) is 47.9 Å². The summed E-state index contributed by atoms with van der Waals surface area (Å²) in [6.07, 6.45) is -2.29. The van der Waals surface area contributed by atoms with Crippen molar-refractivity contribution in [1.82, 2.24) is 0 Å². The zero-order chi connectivity index (χ0) is 10.6. The van der Waals surface area contributed by atoms with Crippen LogP contribution < -0.4 is 24.8 Å². The van der Waals surface area contributed by atoms with Crippen LogP contribution in [0.25, 0.3) is 0 Å². The summed E-state index contributed by atoms with van der Waals surface area (Å²) in [4.78, 5) is 30.5. The molecule has 0 fully saturated rings. The SMILES string of the molecule is O=C(O)CC(O)(CC(=O)O)C(=O)O.[Cl-].[Cl-].[Mg+2]. The molecule has 0 aromatic heterocycles. The minimum Gasteiger partial charge on any atom is -1.00 e. The summed E-state index contributed by atoms with van der Waals surface area (Å²) in [5.74, 6) is -5.02. The van der Waals surface area contributed by atoms with Gasteiger partial charge in [-0.2, -0.15) is 0 Å². The van der Waals surface area contributed by atoms with Crippen molar-refractivity contribution in [3.05, 3.63) is 0 Å². The zero-order valence-corrected chi connectivity index (χ0v) is 10.8. The summed E-state index contributed by atoms with van der Waals surface area (Å²) in [5.41, 5.74) is -2.74. The van der Waals surface area contributed by atoms with Gasteiger partial charge in [-0.3, -0.25) is 9.59 Å². The number of halogens is 2. The molecule has 0 aliphatic heterocycles. The van der Waals surface area contributed by atoms with E-state index >= 15 is 0 Å². The van der Waals surface area contributed by atoms with E-state index in [1.807, 2.05) is 0 Å². The summed E-state index contributed by atoms with van der Waals surface area (Å²) in [5, 5.41) is 33.8. The molecule has 7 nitrogen and oxygen atoms in total. The number of hydrogen-bond acceptors (Lipinski definition) is 4. The number of aliphatic hydroxyl groups is 1. The maximum atomic E-state index is 10.3. The van der Waals surface area contributed by atoms with Crippen LogP contribution in [0.3, 0.4) is 0 Å². The molecule has 16 heavy (non-hydrogen) atoms. The molecule has 90 valence electrons. The zero-order valence-electron chi connectivity index (χ0n) is 7.89. The van der Waals surface area contributed by atoms with E-state index in [1.165, 1.54) is 0 Å². The number of carboxylic acid groups (broad SMARTS) is 3. The van der Waals surface area contributed by atoms with Gasteiger partial charge in [-0.05, 0) is 0 Å². The van der Waals surface area contributed by atoms with E-state index in [1.54, 1.807) is 0 Å². The molecule has 0 heterocycles. The van der Waals surface area contributed by atoms with E-state index in [0.29, 0.717) is 0 Å². The van der Waals surface area contributed by atoms with Crippen LogP contribution >= 0.6 is 0 Å². The van der Waals surface area contributed by atoms with E-state index in [9.17, 15) is 14.4 Å². The average Bonchev–Trinajstić information content (AvgIpc) is 1.82. The molecular formula is C6H8Cl2MgO7. The Hall–Kier alpha value is -0.284. The van der Waals surface area contributed by atoms with Crippen LogP contribution in [0.5, 0.6) is 0 Å². The first-order valence-electron chi connectivity index (χ1n) is 3.17. The van der Waals surface area contributed by atoms with Gasteiger partial charge >= 0.3 is 41.0 Å². The molecule has 0 saturated carbocycles. The van der Waals surface area contributed by atoms with Crippen LogP contribution in [0.1, 0.15) is 12.8 Å². The fourth-order valence-electron chi connectivity index (χ4n) is 0.714. The molecule has 0 amide bonds. The summed E-state index contributed by atoms with van der Waals surface area (Å²) in [6, 6.07) is 0. The van der Waals surface area contributed by atoms with E-state index in [0.717, 1.165) is 0 Å². The molecule has 0 saturated heterocycles. The Balaban J connectivity index is -0.000000240. The van der Waals surface area contributed by atoms with Gasteiger partial charge in [0, 0.05) is 0 Å². The number of carboxylic acids is 3. The van der Waals surface area contributed by atoms with Gasteiger partial charge in [0.05, 0.1) is 12.8 Å². The smallest absolute Gasteiger partial charge is 1.00 e. The molecule has 0 unspecified atom stereocenters. The third-order valence-electron chi connectivity index (χ3n) is 1.29. The molecule has 0 bridgehead atoms. The monoisotopic (exact) mass is 286 g/mol. The molecule has 0 radical (unpaired) electrons. The van der Waals surface area contributed by atoms with E-state index in [4.69, 9.17) is 20.4 Å². The van der Waals surface area contributed by atoms with Crippen LogP contribution in [-0.2, 0) is 14.4 Å². The first kappa shape index (κ1) is 24.8. The van der Waals surface area contributed by atoms with Gasteiger partial charge < -0.3 is 45.2 Å². The molecule has 0 aromatic carbocycles. The van der Waals surface area contributed by atoms with Crippen LogP contribution in [0, 0.1) is 0 Å². The third kappa shape index (κ3) is 8.98. The van der Waals surface area contributed by atoms with Crippen molar-refractivity contribution < 1.29 is 59.6 Å². The van der Waals surface area contributed by atoms with Crippen molar-refractivity contribution in [3.63, 3.8) is 0 Å². The topological polar surface area (TPSA) is 132 Å². The maximum absolute atomic E-state index is 10.3. The summed E-state index contributed by atoms with van der Waals surface area (Å²) >= 11 is 0. The Kier molecular flexibility index (Phi) is 15.4. The first-order valence-corrected chi connectivity index (χ1v) is 3.17. The Labute approximate surface area is 119 Å². The first-order chi connectivity index (χ1) is 5.78. The van der Waals surface area contributed by atoms with Crippen LogP contribution in [0.4, 0.5) is 0 Å². The van der Waals surface area contributed by atoms with E-state index < -0.39 is 36.4 Å². The van der Waals surface area contributed by atoms with Crippen molar-refractivity contribution in [2.24, 2.45) is 0 Å².